The smallest absolute Gasteiger partial charge is 0.129 e. The molecule has 104 valence electrons. The Hall–Kier alpha value is -1.17. The molecule has 19 heavy (non-hydrogen) atoms. The van der Waals surface area contributed by atoms with Crippen LogP contribution >= 0.6 is 12.2 Å². The number of thiocarbonyl (C=S) groups is 1. The first-order chi connectivity index (χ1) is 8.91. The van der Waals surface area contributed by atoms with Crippen molar-refractivity contribution in [2.75, 3.05) is 20.2 Å². The summed E-state index contributed by atoms with van der Waals surface area (Å²) in [7, 11) is 1.61. The van der Waals surface area contributed by atoms with Gasteiger partial charge < -0.3 is 15.6 Å². The van der Waals surface area contributed by atoms with Gasteiger partial charge in [-0.3, -0.25) is 4.90 Å². The SMILES string of the molecule is COc1cc(CN2CCC(C)(O)C2)ccc1C(N)=S. The molecule has 0 bridgehead atoms. The van der Waals surface area contributed by atoms with Gasteiger partial charge in [-0.15, -0.1) is 0 Å². The van der Waals surface area contributed by atoms with Gasteiger partial charge in [0.1, 0.15) is 10.7 Å². The normalized spacial score (nSPS) is 23.5. The molecule has 1 aliphatic heterocycles. The molecule has 4 nitrogen and oxygen atoms in total. The molecule has 1 unspecified atom stereocenters. The summed E-state index contributed by atoms with van der Waals surface area (Å²) in [5, 5.41) is 9.96. The van der Waals surface area contributed by atoms with Crippen LogP contribution in [-0.4, -0.2) is 40.8 Å². The van der Waals surface area contributed by atoms with Crippen LogP contribution in [0.5, 0.6) is 5.75 Å². The number of likely N-dealkylation sites (tertiary alicyclic amines) is 1. The van der Waals surface area contributed by atoms with Crippen molar-refractivity contribution < 1.29 is 9.84 Å². The molecule has 1 saturated heterocycles. The van der Waals surface area contributed by atoms with Gasteiger partial charge in [0.2, 0.25) is 0 Å². The second-order valence-electron chi connectivity index (χ2n) is 5.36. The number of ether oxygens (including phenoxy) is 1. The van der Waals surface area contributed by atoms with Crippen molar-refractivity contribution >= 4 is 17.2 Å². The number of aliphatic hydroxyl groups is 1. The Labute approximate surface area is 119 Å². The number of nitrogens with two attached hydrogens (primary N) is 1. The van der Waals surface area contributed by atoms with Crippen LogP contribution in [0.3, 0.4) is 0 Å². The van der Waals surface area contributed by atoms with Gasteiger partial charge in [-0.25, -0.2) is 0 Å². The summed E-state index contributed by atoms with van der Waals surface area (Å²) in [6.45, 7) is 4.28. The second-order valence-corrected chi connectivity index (χ2v) is 5.80. The molecule has 5 heteroatoms. The van der Waals surface area contributed by atoms with Crippen LogP contribution in [0.2, 0.25) is 0 Å². The lowest BCUT2D eigenvalue weighted by Gasteiger charge is -2.19. The Kier molecular flexibility index (Phi) is 4.08. The van der Waals surface area contributed by atoms with E-state index in [1.807, 2.05) is 25.1 Å². The molecule has 0 aliphatic carbocycles. The first-order valence-electron chi connectivity index (χ1n) is 6.33. The minimum absolute atomic E-state index is 0.340. The second kappa shape index (κ2) is 5.45. The Bertz CT molecular complexity index is 488. The number of hydrogen-bond donors (Lipinski definition) is 2. The fourth-order valence-corrected chi connectivity index (χ4v) is 2.64. The Morgan fingerprint density at radius 2 is 2.32 bits per heavy atom. The molecule has 1 heterocycles. The van der Waals surface area contributed by atoms with Crippen molar-refractivity contribution in [3.05, 3.63) is 29.3 Å². The minimum atomic E-state index is -0.567. The molecule has 3 N–H and O–H groups in total. The highest BCUT2D eigenvalue weighted by molar-refractivity contribution is 7.80. The monoisotopic (exact) mass is 280 g/mol. The fourth-order valence-electron chi connectivity index (χ4n) is 2.47. The predicted octanol–water partition coefficient (Wildman–Crippen LogP) is 1.29. The molecule has 0 aromatic heterocycles. The average Bonchev–Trinajstić information content (AvgIpc) is 2.68. The summed E-state index contributed by atoms with van der Waals surface area (Å²) in [4.78, 5) is 2.57. The molecule has 0 spiro atoms. The zero-order valence-electron chi connectivity index (χ0n) is 11.3. The van der Waals surface area contributed by atoms with Crippen molar-refractivity contribution in [2.24, 2.45) is 5.73 Å². The highest BCUT2D eigenvalue weighted by Crippen LogP contribution is 2.25. The van der Waals surface area contributed by atoms with Crippen LogP contribution < -0.4 is 10.5 Å². The van der Waals surface area contributed by atoms with E-state index in [2.05, 4.69) is 4.90 Å². The highest BCUT2D eigenvalue weighted by Gasteiger charge is 2.31. The summed E-state index contributed by atoms with van der Waals surface area (Å²) < 4.78 is 5.32. The molecule has 0 saturated carbocycles. The van der Waals surface area contributed by atoms with E-state index in [9.17, 15) is 5.11 Å². The van der Waals surface area contributed by atoms with Crippen molar-refractivity contribution in [3.8, 4) is 5.75 Å². The third-order valence-electron chi connectivity index (χ3n) is 3.47. The summed E-state index contributed by atoms with van der Waals surface area (Å²) in [5.41, 5.74) is 6.97. The van der Waals surface area contributed by atoms with E-state index < -0.39 is 5.60 Å². The van der Waals surface area contributed by atoms with Crippen LogP contribution in [0.25, 0.3) is 0 Å². The van der Waals surface area contributed by atoms with Crippen molar-refractivity contribution in [1.29, 1.82) is 0 Å². The number of benzene rings is 1. The van der Waals surface area contributed by atoms with E-state index in [0.29, 0.717) is 17.3 Å². The van der Waals surface area contributed by atoms with Gasteiger partial charge in [0, 0.05) is 19.6 Å². The molecular weight excluding hydrogens is 260 g/mol. The number of hydrogen-bond acceptors (Lipinski definition) is 4. The Morgan fingerprint density at radius 3 is 2.84 bits per heavy atom. The van der Waals surface area contributed by atoms with E-state index in [4.69, 9.17) is 22.7 Å². The minimum Gasteiger partial charge on any atom is -0.496 e. The number of nitrogens with zero attached hydrogens (tertiary/aromatic N) is 1. The maximum atomic E-state index is 9.96. The molecule has 1 aliphatic rings. The predicted molar refractivity (Wildman–Crippen MR) is 79.4 cm³/mol. The van der Waals surface area contributed by atoms with E-state index in [-0.39, 0.29) is 0 Å². The zero-order chi connectivity index (χ0) is 14.0. The third kappa shape index (κ3) is 3.43. The first-order valence-corrected chi connectivity index (χ1v) is 6.73. The van der Waals surface area contributed by atoms with Crippen molar-refractivity contribution in [3.63, 3.8) is 0 Å². The molecule has 0 radical (unpaired) electrons. The number of rotatable bonds is 4. The van der Waals surface area contributed by atoms with Crippen LogP contribution in [0.4, 0.5) is 0 Å². The van der Waals surface area contributed by atoms with E-state index >= 15 is 0 Å². The highest BCUT2D eigenvalue weighted by atomic mass is 32.1. The Balaban J connectivity index is 2.12. The van der Waals surface area contributed by atoms with E-state index in [1.165, 1.54) is 0 Å². The van der Waals surface area contributed by atoms with Gasteiger partial charge in [-0.05, 0) is 31.0 Å². The van der Waals surface area contributed by atoms with Crippen LogP contribution in [0.15, 0.2) is 18.2 Å². The van der Waals surface area contributed by atoms with Gasteiger partial charge in [-0.2, -0.15) is 0 Å². The third-order valence-corrected chi connectivity index (χ3v) is 3.69. The molecule has 1 aromatic carbocycles. The van der Waals surface area contributed by atoms with Gasteiger partial charge in [-0.1, -0.05) is 18.3 Å². The summed E-state index contributed by atoms with van der Waals surface area (Å²) in [6, 6.07) is 5.86. The molecule has 1 atom stereocenters. The van der Waals surface area contributed by atoms with Gasteiger partial charge in [0.05, 0.1) is 18.3 Å². The first kappa shape index (κ1) is 14.2. The van der Waals surface area contributed by atoms with Crippen molar-refractivity contribution in [2.45, 2.75) is 25.5 Å². The molecular formula is C14H20N2O2S. The summed E-state index contributed by atoms with van der Waals surface area (Å²) in [5.74, 6) is 0.705. The number of β-amino-alcohol motifs (C(OH)–C–C–N with tert-alkyl or cyclic N) is 1. The van der Waals surface area contributed by atoms with E-state index in [0.717, 1.165) is 30.6 Å². The quantitative estimate of drug-likeness (QED) is 0.814. The lowest BCUT2D eigenvalue weighted by Crippen LogP contribution is -2.29. The van der Waals surface area contributed by atoms with Crippen LogP contribution in [-0.2, 0) is 6.54 Å². The van der Waals surface area contributed by atoms with Gasteiger partial charge >= 0.3 is 0 Å². The summed E-state index contributed by atoms with van der Waals surface area (Å²) in [6.07, 6.45) is 0.815. The largest absolute Gasteiger partial charge is 0.496 e. The maximum absolute atomic E-state index is 9.96. The molecule has 1 fully saturated rings. The topological polar surface area (TPSA) is 58.7 Å². The molecule has 2 rings (SSSR count). The van der Waals surface area contributed by atoms with Crippen LogP contribution in [0, 0.1) is 0 Å². The number of methoxy groups -OCH3 is 1. The fraction of sp³-hybridized carbons (Fsp3) is 0.500. The standard InChI is InChI=1S/C14H20N2O2S/c1-14(17)5-6-16(9-14)8-10-3-4-11(13(15)19)12(7-10)18-2/h3-4,7,17H,5-6,8-9H2,1-2H3,(H2,15,19). The summed E-state index contributed by atoms with van der Waals surface area (Å²) >= 11 is 4.99. The Morgan fingerprint density at radius 1 is 1.58 bits per heavy atom. The van der Waals surface area contributed by atoms with Gasteiger partial charge in [0.25, 0.3) is 0 Å². The average molecular weight is 280 g/mol. The van der Waals surface area contributed by atoms with Gasteiger partial charge in [0.15, 0.2) is 0 Å². The zero-order valence-corrected chi connectivity index (χ0v) is 12.2. The molecule has 0 amide bonds. The maximum Gasteiger partial charge on any atom is 0.129 e. The van der Waals surface area contributed by atoms with Crippen molar-refractivity contribution in [1.82, 2.24) is 4.90 Å². The lowest BCUT2D eigenvalue weighted by molar-refractivity contribution is 0.0679. The molecule has 1 aromatic rings. The lowest BCUT2D eigenvalue weighted by atomic mass is 10.1. The van der Waals surface area contributed by atoms with E-state index in [1.54, 1.807) is 7.11 Å². The van der Waals surface area contributed by atoms with Crippen LogP contribution in [0.1, 0.15) is 24.5 Å².